The van der Waals surface area contributed by atoms with Gasteiger partial charge in [0, 0.05) is 24.5 Å². The smallest absolute Gasteiger partial charge is 0.406 e. The summed E-state index contributed by atoms with van der Waals surface area (Å²) in [7, 11) is 0. The Morgan fingerprint density at radius 2 is 1.76 bits per heavy atom. The fourth-order valence-electron chi connectivity index (χ4n) is 2.83. The lowest BCUT2D eigenvalue weighted by atomic mass is 10.1. The molecule has 148 valence electrons. The van der Waals surface area contributed by atoms with Gasteiger partial charge in [-0.1, -0.05) is 0 Å². The number of fused-ring (bicyclic) bond motifs is 1. The molecular weight excluding hydrogens is 389 g/mol. The van der Waals surface area contributed by atoms with Crippen molar-refractivity contribution in [2.45, 2.75) is 19.3 Å². The van der Waals surface area contributed by atoms with Crippen LogP contribution < -0.4 is 10.5 Å². The predicted octanol–water partition coefficient (Wildman–Crippen LogP) is 3.59. The molecule has 7 nitrogen and oxygen atoms in total. The first-order chi connectivity index (χ1) is 13.9. The molecule has 0 saturated heterocycles. The zero-order valence-electron chi connectivity index (χ0n) is 14.8. The third kappa shape index (κ3) is 4.26. The van der Waals surface area contributed by atoms with Gasteiger partial charge in [0.2, 0.25) is 0 Å². The summed E-state index contributed by atoms with van der Waals surface area (Å²) in [6.07, 6.45) is 0.482. The first kappa shape index (κ1) is 18.7. The maximum atomic E-state index is 12.3. The minimum absolute atomic E-state index is 0.314. The second-order valence-electron chi connectivity index (χ2n) is 6.11. The van der Waals surface area contributed by atoms with Gasteiger partial charge < -0.3 is 9.15 Å². The van der Waals surface area contributed by atoms with Gasteiger partial charge in [0.25, 0.3) is 0 Å². The van der Waals surface area contributed by atoms with E-state index < -0.39 is 12.1 Å². The van der Waals surface area contributed by atoms with E-state index in [1.165, 1.54) is 35.2 Å². The molecule has 0 spiro atoms. The van der Waals surface area contributed by atoms with E-state index in [9.17, 15) is 18.0 Å². The molecule has 3 heterocycles. The summed E-state index contributed by atoms with van der Waals surface area (Å²) in [5.74, 6) is -0.872. The maximum Gasteiger partial charge on any atom is 0.573 e. The van der Waals surface area contributed by atoms with Crippen molar-refractivity contribution in [1.82, 2.24) is 19.5 Å². The van der Waals surface area contributed by atoms with Crippen molar-refractivity contribution in [3.05, 3.63) is 71.2 Å². The van der Waals surface area contributed by atoms with E-state index in [4.69, 9.17) is 4.42 Å². The molecule has 4 rings (SSSR count). The molecule has 29 heavy (non-hydrogen) atoms. The number of hydrogen-bond acceptors (Lipinski definition) is 6. The Hall–Kier alpha value is -3.69. The van der Waals surface area contributed by atoms with Gasteiger partial charge in [-0.15, -0.1) is 13.2 Å². The van der Waals surface area contributed by atoms with E-state index in [0.29, 0.717) is 35.5 Å². The molecule has 0 aliphatic carbocycles. The summed E-state index contributed by atoms with van der Waals surface area (Å²) < 4.78 is 47.4. The lowest BCUT2D eigenvalue weighted by Gasteiger charge is -2.09. The van der Waals surface area contributed by atoms with Crippen molar-refractivity contribution in [3.8, 4) is 17.0 Å². The molecule has 1 aromatic carbocycles. The second-order valence-corrected chi connectivity index (χ2v) is 6.11. The summed E-state index contributed by atoms with van der Waals surface area (Å²) in [6, 6.07) is 8.54. The third-order valence-electron chi connectivity index (χ3n) is 4.13. The Balaban J connectivity index is 1.62. The summed E-state index contributed by atoms with van der Waals surface area (Å²) in [4.78, 5) is 24.5. The second kappa shape index (κ2) is 7.38. The number of pyridine rings is 1. The van der Waals surface area contributed by atoms with E-state index >= 15 is 0 Å². The Morgan fingerprint density at radius 3 is 2.45 bits per heavy atom. The summed E-state index contributed by atoms with van der Waals surface area (Å²) >= 11 is 0. The highest BCUT2D eigenvalue weighted by Crippen LogP contribution is 2.26. The Morgan fingerprint density at radius 1 is 1.03 bits per heavy atom. The minimum Gasteiger partial charge on any atom is -0.406 e. The lowest BCUT2D eigenvalue weighted by molar-refractivity contribution is -0.274. The summed E-state index contributed by atoms with van der Waals surface area (Å²) in [5, 5.41) is 0. The van der Waals surface area contributed by atoms with Crippen LogP contribution in [0.2, 0.25) is 0 Å². The first-order valence-corrected chi connectivity index (χ1v) is 8.49. The van der Waals surface area contributed by atoms with Gasteiger partial charge in [0.15, 0.2) is 11.2 Å². The quantitative estimate of drug-likeness (QED) is 0.507. The molecule has 0 amide bonds. The minimum atomic E-state index is -4.75. The number of nitrogens with zero attached hydrogens (tertiary/aromatic N) is 4. The normalized spacial score (nSPS) is 11.7. The number of halogens is 3. The zero-order valence-corrected chi connectivity index (χ0v) is 14.8. The highest BCUT2D eigenvalue weighted by molar-refractivity contribution is 5.73. The van der Waals surface area contributed by atoms with Gasteiger partial charge in [-0.25, -0.2) is 19.7 Å². The van der Waals surface area contributed by atoms with Crippen LogP contribution in [0.3, 0.4) is 0 Å². The van der Waals surface area contributed by atoms with Crippen molar-refractivity contribution in [1.29, 1.82) is 0 Å². The van der Waals surface area contributed by atoms with E-state index in [1.54, 1.807) is 24.5 Å². The number of oxazole rings is 1. The van der Waals surface area contributed by atoms with Crippen LogP contribution >= 0.6 is 0 Å². The van der Waals surface area contributed by atoms with Crippen LogP contribution in [0.4, 0.5) is 13.2 Å². The van der Waals surface area contributed by atoms with Gasteiger partial charge in [-0.3, -0.25) is 4.57 Å². The maximum absolute atomic E-state index is 12.3. The topological polar surface area (TPSA) is 83.0 Å². The van der Waals surface area contributed by atoms with Crippen molar-refractivity contribution in [2.75, 3.05) is 0 Å². The van der Waals surface area contributed by atoms with Gasteiger partial charge in [-0.2, -0.15) is 0 Å². The average Bonchev–Trinajstić information content (AvgIpc) is 3.01. The largest absolute Gasteiger partial charge is 0.573 e. The van der Waals surface area contributed by atoms with E-state index in [0.717, 1.165) is 5.56 Å². The first-order valence-electron chi connectivity index (χ1n) is 8.49. The average molecular weight is 402 g/mol. The number of hydrogen-bond donors (Lipinski definition) is 0. The third-order valence-corrected chi connectivity index (χ3v) is 4.13. The predicted molar refractivity (Wildman–Crippen MR) is 96.1 cm³/mol. The van der Waals surface area contributed by atoms with Gasteiger partial charge in [0.1, 0.15) is 12.1 Å². The number of alkyl halides is 3. The van der Waals surface area contributed by atoms with Crippen LogP contribution in [0.5, 0.6) is 5.75 Å². The van der Waals surface area contributed by atoms with Gasteiger partial charge in [-0.05, 0) is 48.4 Å². The zero-order chi connectivity index (χ0) is 20.4. The Bertz CT molecular complexity index is 1190. The van der Waals surface area contributed by atoms with E-state index in [1.807, 2.05) is 0 Å². The molecular formula is C19H13F3N4O3. The number of aromatic nitrogens is 4. The highest BCUT2D eigenvalue weighted by Gasteiger charge is 2.31. The molecule has 0 N–H and O–H groups in total. The summed E-state index contributed by atoms with van der Waals surface area (Å²) in [6.45, 7) is 0.314. The molecule has 0 bridgehead atoms. The SMILES string of the molecule is O=c1oc2ccc(-c3ccc(OC(F)(F)F)cc3)nc2n1CCc1cncnc1. The molecule has 0 atom stereocenters. The van der Waals surface area contributed by atoms with Crippen molar-refractivity contribution < 1.29 is 22.3 Å². The van der Waals surface area contributed by atoms with Crippen molar-refractivity contribution in [3.63, 3.8) is 0 Å². The summed E-state index contributed by atoms with van der Waals surface area (Å²) in [5.41, 5.74) is 2.57. The van der Waals surface area contributed by atoms with Crippen LogP contribution in [0.1, 0.15) is 5.56 Å². The fourth-order valence-corrected chi connectivity index (χ4v) is 2.83. The number of rotatable bonds is 5. The van der Waals surface area contributed by atoms with Crippen LogP contribution in [-0.4, -0.2) is 25.9 Å². The molecule has 0 unspecified atom stereocenters. The number of ether oxygens (including phenoxy) is 1. The molecule has 10 heteroatoms. The van der Waals surface area contributed by atoms with Crippen LogP contribution in [-0.2, 0) is 13.0 Å². The standard InChI is InChI=1S/C19H13F3N4O3/c20-19(21,22)29-14-3-1-13(2-4-14)15-5-6-16-17(25-15)26(18(27)28-16)8-7-12-9-23-11-24-10-12/h1-6,9-11H,7-8H2. The molecule has 0 aliphatic heterocycles. The molecule has 0 saturated carbocycles. The van der Waals surface area contributed by atoms with Crippen LogP contribution in [0.25, 0.3) is 22.5 Å². The van der Waals surface area contributed by atoms with E-state index in [-0.39, 0.29) is 5.75 Å². The monoisotopic (exact) mass is 402 g/mol. The fraction of sp³-hybridized carbons (Fsp3) is 0.158. The van der Waals surface area contributed by atoms with Crippen molar-refractivity contribution in [2.24, 2.45) is 0 Å². The molecule has 3 aromatic heterocycles. The lowest BCUT2D eigenvalue weighted by Crippen LogP contribution is -2.17. The van der Waals surface area contributed by atoms with E-state index in [2.05, 4.69) is 19.7 Å². The molecule has 4 aromatic rings. The molecule has 0 radical (unpaired) electrons. The van der Waals surface area contributed by atoms with Gasteiger partial charge in [0.05, 0.1) is 5.69 Å². The highest BCUT2D eigenvalue weighted by atomic mass is 19.4. The number of aryl methyl sites for hydroxylation is 2. The van der Waals surface area contributed by atoms with Crippen molar-refractivity contribution >= 4 is 11.2 Å². The Kier molecular flexibility index (Phi) is 4.75. The Labute approximate surface area is 161 Å². The molecule has 0 fully saturated rings. The van der Waals surface area contributed by atoms with Crippen LogP contribution in [0, 0.1) is 0 Å². The van der Waals surface area contributed by atoms with Crippen LogP contribution in [0.15, 0.2) is 64.3 Å². The van der Waals surface area contributed by atoms with Gasteiger partial charge >= 0.3 is 12.1 Å². The molecule has 0 aliphatic rings. The number of benzene rings is 1.